The summed E-state index contributed by atoms with van der Waals surface area (Å²) < 4.78 is 1.93. The van der Waals surface area contributed by atoms with Crippen molar-refractivity contribution in [3.05, 3.63) is 51.5 Å². The zero-order valence-electron chi connectivity index (χ0n) is 15.5. The molecule has 4 rings (SSSR count). The lowest BCUT2D eigenvalue weighted by atomic mass is 9.96. The van der Waals surface area contributed by atoms with Gasteiger partial charge in [-0.2, -0.15) is 5.10 Å². The summed E-state index contributed by atoms with van der Waals surface area (Å²) in [5.74, 6) is 0.429. The fourth-order valence-electron chi connectivity index (χ4n) is 3.48. The van der Waals surface area contributed by atoms with E-state index in [0.717, 1.165) is 39.3 Å². The predicted molar refractivity (Wildman–Crippen MR) is 111 cm³/mol. The van der Waals surface area contributed by atoms with Crippen molar-refractivity contribution in [1.82, 2.24) is 15.1 Å². The van der Waals surface area contributed by atoms with Crippen LogP contribution in [0.15, 0.2) is 30.3 Å². The van der Waals surface area contributed by atoms with Gasteiger partial charge < -0.3 is 11.1 Å². The number of nitrogens with two attached hydrogens (primary N) is 1. The lowest BCUT2D eigenvalue weighted by Gasteiger charge is -2.29. The summed E-state index contributed by atoms with van der Waals surface area (Å²) in [6, 6.07) is 9.69. The number of nitrogens with one attached hydrogen (secondary N) is 1. The molecule has 142 valence electrons. The molecule has 1 aliphatic rings. The first-order valence-electron chi connectivity index (χ1n) is 9.14. The normalized spacial score (nSPS) is 16.4. The monoisotopic (exact) mass is 402 g/mol. The van der Waals surface area contributed by atoms with Crippen LogP contribution in [0.4, 0.5) is 0 Å². The first-order chi connectivity index (χ1) is 12.9. The van der Waals surface area contributed by atoms with Crippen LogP contribution < -0.4 is 11.1 Å². The molecule has 1 atom stereocenters. The molecule has 0 aliphatic heterocycles. The predicted octanol–water partition coefficient (Wildman–Crippen LogP) is 3.97. The molecule has 0 radical (unpaired) electrons. The standard InChI is InChI=1S/C20H23ClN4OS/c1-12-15-9-17(18(26)23-20(2,11-22)14-7-8-14)27-19(15)25(24-12)10-13-5-3-4-6-16(13)21/h3-6,9,14H,7-8,10-11,22H2,1-2H3,(H,23,26)/t20-/m0/s1. The highest BCUT2D eigenvalue weighted by molar-refractivity contribution is 7.20. The van der Waals surface area contributed by atoms with E-state index in [1.165, 1.54) is 11.3 Å². The van der Waals surface area contributed by atoms with Gasteiger partial charge in [0, 0.05) is 17.0 Å². The van der Waals surface area contributed by atoms with Gasteiger partial charge in [-0.3, -0.25) is 9.48 Å². The Labute approximate surface area is 167 Å². The van der Waals surface area contributed by atoms with Gasteiger partial charge in [-0.15, -0.1) is 11.3 Å². The number of nitrogens with zero attached hydrogens (tertiary/aromatic N) is 2. The zero-order chi connectivity index (χ0) is 19.2. The van der Waals surface area contributed by atoms with E-state index in [4.69, 9.17) is 17.3 Å². The van der Waals surface area contributed by atoms with Crippen LogP contribution in [0.2, 0.25) is 5.02 Å². The average Bonchev–Trinajstić information content (AvgIpc) is 3.35. The van der Waals surface area contributed by atoms with Crippen molar-refractivity contribution in [3.63, 3.8) is 0 Å². The minimum atomic E-state index is -0.327. The number of aryl methyl sites for hydroxylation is 1. The van der Waals surface area contributed by atoms with Gasteiger partial charge in [0.15, 0.2) is 0 Å². The Morgan fingerprint density at radius 2 is 2.19 bits per heavy atom. The number of carbonyl (C=O) groups excluding carboxylic acids is 1. The van der Waals surface area contributed by atoms with Crippen molar-refractivity contribution in [2.24, 2.45) is 11.7 Å². The van der Waals surface area contributed by atoms with Gasteiger partial charge in [-0.25, -0.2) is 0 Å². The third kappa shape index (κ3) is 3.49. The highest BCUT2D eigenvalue weighted by atomic mass is 35.5. The van der Waals surface area contributed by atoms with Gasteiger partial charge in [-0.05, 0) is 50.3 Å². The van der Waals surface area contributed by atoms with Gasteiger partial charge in [0.1, 0.15) is 4.83 Å². The molecule has 5 nitrogen and oxygen atoms in total. The molecule has 0 bridgehead atoms. The van der Waals surface area contributed by atoms with Gasteiger partial charge in [-0.1, -0.05) is 29.8 Å². The Morgan fingerprint density at radius 3 is 2.85 bits per heavy atom. The SMILES string of the molecule is Cc1nn(Cc2ccccc2Cl)c2sc(C(=O)N[C@@](C)(CN)C3CC3)cc12. The molecule has 0 unspecified atom stereocenters. The van der Waals surface area contributed by atoms with Gasteiger partial charge in [0.25, 0.3) is 5.91 Å². The number of aromatic nitrogens is 2. The highest BCUT2D eigenvalue weighted by Crippen LogP contribution is 2.39. The van der Waals surface area contributed by atoms with Crippen LogP contribution >= 0.6 is 22.9 Å². The van der Waals surface area contributed by atoms with Crippen molar-refractivity contribution in [3.8, 4) is 0 Å². The van der Waals surface area contributed by atoms with E-state index < -0.39 is 0 Å². The smallest absolute Gasteiger partial charge is 0.261 e. The Bertz CT molecular complexity index is 1010. The van der Waals surface area contributed by atoms with Gasteiger partial charge in [0.2, 0.25) is 0 Å². The summed E-state index contributed by atoms with van der Waals surface area (Å²) in [6.07, 6.45) is 2.26. The van der Waals surface area contributed by atoms with E-state index in [9.17, 15) is 4.79 Å². The van der Waals surface area contributed by atoms with Crippen molar-refractivity contribution >= 4 is 39.1 Å². The molecule has 3 N–H and O–H groups in total. The number of hydrogen-bond donors (Lipinski definition) is 2. The summed E-state index contributed by atoms with van der Waals surface area (Å²) in [5, 5.41) is 9.53. The molecule has 1 fully saturated rings. The minimum Gasteiger partial charge on any atom is -0.345 e. The van der Waals surface area contributed by atoms with Crippen LogP contribution in [-0.4, -0.2) is 27.8 Å². The molecule has 27 heavy (non-hydrogen) atoms. The number of hydrogen-bond acceptors (Lipinski definition) is 4. The summed E-state index contributed by atoms with van der Waals surface area (Å²) in [7, 11) is 0. The number of benzene rings is 1. The molecule has 2 heterocycles. The van der Waals surface area contributed by atoms with E-state index in [-0.39, 0.29) is 11.4 Å². The number of rotatable bonds is 6. The maximum atomic E-state index is 12.8. The summed E-state index contributed by atoms with van der Waals surface area (Å²) in [6.45, 7) is 5.04. The maximum absolute atomic E-state index is 12.8. The van der Waals surface area contributed by atoms with Gasteiger partial charge >= 0.3 is 0 Å². The minimum absolute atomic E-state index is 0.0558. The lowest BCUT2D eigenvalue weighted by molar-refractivity contribution is 0.0902. The fraction of sp³-hybridized carbons (Fsp3) is 0.400. The van der Waals surface area contributed by atoms with Crippen molar-refractivity contribution < 1.29 is 4.79 Å². The molecule has 7 heteroatoms. The van der Waals surface area contributed by atoms with E-state index in [1.54, 1.807) is 0 Å². The second kappa shape index (κ2) is 6.93. The Kier molecular flexibility index (Phi) is 4.74. The molecule has 1 amide bonds. The summed E-state index contributed by atoms with van der Waals surface area (Å²) >= 11 is 7.76. The summed E-state index contributed by atoms with van der Waals surface area (Å²) in [5.41, 5.74) is 7.53. The van der Waals surface area contributed by atoms with Crippen molar-refractivity contribution in [2.75, 3.05) is 6.54 Å². The number of carbonyl (C=O) groups is 1. The third-order valence-corrected chi connectivity index (χ3v) is 6.93. The largest absolute Gasteiger partial charge is 0.345 e. The second-order valence-electron chi connectivity index (χ2n) is 7.51. The molecule has 1 aliphatic carbocycles. The average molecular weight is 403 g/mol. The number of amides is 1. The van der Waals surface area contributed by atoms with E-state index in [2.05, 4.69) is 10.4 Å². The molecule has 2 aromatic heterocycles. The van der Waals surface area contributed by atoms with Crippen LogP contribution in [0.25, 0.3) is 10.2 Å². The van der Waals surface area contributed by atoms with Crippen LogP contribution in [0, 0.1) is 12.8 Å². The Morgan fingerprint density at radius 1 is 1.44 bits per heavy atom. The molecular formula is C20H23ClN4OS. The Balaban J connectivity index is 1.62. The Hall–Kier alpha value is -1.89. The molecule has 3 aromatic rings. The number of fused-ring (bicyclic) bond motifs is 1. The van der Waals surface area contributed by atoms with Crippen molar-refractivity contribution in [1.29, 1.82) is 0 Å². The summed E-state index contributed by atoms with van der Waals surface area (Å²) in [4.78, 5) is 14.5. The lowest BCUT2D eigenvalue weighted by Crippen LogP contribution is -2.53. The van der Waals surface area contributed by atoms with Gasteiger partial charge in [0.05, 0.1) is 22.7 Å². The third-order valence-electron chi connectivity index (χ3n) is 5.41. The second-order valence-corrected chi connectivity index (χ2v) is 8.95. The molecule has 0 saturated heterocycles. The number of halogens is 1. The van der Waals surface area contributed by atoms with E-state index >= 15 is 0 Å². The maximum Gasteiger partial charge on any atom is 0.261 e. The van der Waals surface area contributed by atoms with E-state index in [1.807, 2.05) is 48.9 Å². The van der Waals surface area contributed by atoms with Crippen LogP contribution in [0.5, 0.6) is 0 Å². The first kappa shape index (κ1) is 18.5. The van der Waals surface area contributed by atoms with Crippen molar-refractivity contribution in [2.45, 2.75) is 38.8 Å². The quantitative estimate of drug-likeness (QED) is 0.655. The van der Waals surface area contributed by atoms with E-state index in [0.29, 0.717) is 23.9 Å². The first-order valence-corrected chi connectivity index (χ1v) is 10.3. The van der Waals surface area contributed by atoms with Crippen LogP contribution in [-0.2, 0) is 6.54 Å². The topological polar surface area (TPSA) is 72.9 Å². The molecule has 1 saturated carbocycles. The zero-order valence-corrected chi connectivity index (χ0v) is 17.0. The molecule has 1 aromatic carbocycles. The van der Waals surface area contributed by atoms with Crippen LogP contribution in [0.3, 0.4) is 0 Å². The fourth-order valence-corrected chi connectivity index (χ4v) is 4.73. The van der Waals surface area contributed by atoms with Crippen LogP contribution in [0.1, 0.15) is 40.7 Å². The molecular weight excluding hydrogens is 380 g/mol. The highest BCUT2D eigenvalue weighted by Gasteiger charge is 2.41. The number of thiophene rings is 1. The molecule has 0 spiro atoms.